The van der Waals surface area contributed by atoms with E-state index in [4.69, 9.17) is 0 Å². The molecule has 18 heavy (non-hydrogen) atoms. The molecule has 2 aromatic rings. The van der Waals surface area contributed by atoms with Crippen LogP contribution in [0.2, 0.25) is 0 Å². The molecule has 0 saturated heterocycles. The Kier molecular flexibility index (Phi) is 2.89. The maximum atomic E-state index is 9.60. The van der Waals surface area contributed by atoms with Crippen molar-refractivity contribution < 1.29 is 10.2 Å². The third-order valence-electron chi connectivity index (χ3n) is 3.64. The summed E-state index contributed by atoms with van der Waals surface area (Å²) in [6.45, 7) is 0.901. The SMILES string of the molecule is OCc1c(CO)c(-c2cccnc2)n2c1CCC2. The monoisotopic (exact) mass is 244 g/mol. The van der Waals surface area contributed by atoms with E-state index in [9.17, 15) is 10.2 Å². The molecule has 0 radical (unpaired) electrons. The van der Waals surface area contributed by atoms with Crippen molar-refractivity contribution in [3.8, 4) is 11.3 Å². The van der Waals surface area contributed by atoms with E-state index in [1.54, 1.807) is 12.4 Å². The maximum Gasteiger partial charge on any atom is 0.0706 e. The molecule has 0 fully saturated rings. The van der Waals surface area contributed by atoms with Crippen LogP contribution in [0.1, 0.15) is 23.2 Å². The summed E-state index contributed by atoms with van der Waals surface area (Å²) >= 11 is 0. The Labute approximate surface area is 106 Å². The molecule has 4 nitrogen and oxygen atoms in total. The number of fused-ring (bicyclic) bond motifs is 1. The van der Waals surface area contributed by atoms with E-state index in [2.05, 4.69) is 9.55 Å². The topological polar surface area (TPSA) is 58.3 Å². The van der Waals surface area contributed by atoms with Crippen molar-refractivity contribution in [3.05, 3.63) is 41.3 Å². The van der Waals surface area contributed by atoms with Crippen molar-refractivity contribution in [1.29, 1.82) is 0 Å². The average Bonchev–Trinajstić information content (AvgIpc) is 2.98. The Balaban J connectivity index is 2.25. The van der Waals surface area contributed by atoms with Crippen LogP contribution in [0.3, 0.4) is 0 Å². The summed E-state index contributed by atoms with van der Waals surface area (Å²) in [6, 6.07) is 3.89. The van der Waals surface area contributed by atoms with Crippen molar-refractivity contribution >= 4 is 0 Å². The molecule has 0 atom stereocenters. The molecule has 2 N–H and O–H groups in total. The Morgan fingerprint density at radius 2 is 2.06 bits per heavy atom. The van der Waals surface area contributed by atoms with Crippen molar-refractivity contribution in [1.82, 2.24) is 9.55 Å². The van der Waals surface area contributed by atoms with Gasteiger partial charge >= 0.3 is 0 Å². The molecule has 0 amide bonds. The van der Waals surface area contributed by atoms with Gasteiger partial charge in [0, 0.05) is 41.3 Å². The van der Waals surface area contributed by atoms with E-state index in [1.807, 2.05) is 12.1 Å². The molecule has 3 rings (SSSR count). The molecule has 0 saturated carbocycles. The molecule has 0 unspecified atom stereocenters. The summed E-state index contributed by atoms with van der Waals surface area (Å²) in [5.41, 5.74) is 4.93. The highest BCUT2D eigenvalue weighted by molar-refractivity contribution is 5.67. The largest absolute Gasteiger partial charge is 0.392 e. The second-order valence-corrected chi connectivity index (χ2v) is 4.57. The Morgan fingerprint density at radius 1 is 1.22 bits per heavy atom. The van der Waals surface area contributed by atoms with Crippen LogP contribution in [0.15, 0.2) is 24.5 Å². The molecule has 2 aromatic heterocycles. The fraction of sp³-hybridized carbons (Fsp3) is 0.357. The number of rotatable bonds is 3. The first-order valence-electron chi connectivity index (χ1n) is 6.22. The second-order valence-electron chi connectivity index (χ2n) is 4.57. The van der Waals surface area contributed by atoms with Crippen molar-refractivity contribution in [3.63, 3.8) is 0 Å². The Hall–Kier alpha value is -1.65. The number of nitrogens with zero attached hydrogens (tertiary/aromatic N) is 2. The highest BCUT2D eigenvalue weighted by Gasteiger charge is 2.25. The third-order valence-corrected chi connectivity index (χ3v) is 3.64. The van der Waals surface area contributed by atoms with Crippen LogP contribution < -0.4 is 0 Å². The zero-order valence-electron chi connectivity index (χ0n) is 10.1. The van der Waals surface area contributed by atoms with Gasteiger partial charge in [-0.05, 0) is 25.0 Å². The van der Waals surface area contributed by atoms with Gasteiger partial charge in [-0.25, -0.2) is 0 Å². The minimum atomic E-state index is -0.0415. The first kappa shape index (κ1) is 11.4. The molecule has 3 heterocycles. The first-order valence-corrected chi connectivity index (χ1v) is 6.22. The first-order chi connectivity index (χ1) is 8.86. The van der Waals surface area contributed by atoms with Crippen LogP contribution in [0.25, 0.3) is 11.3 Å². The second kappa shape index (κ2) is 4.55. The van der Waals surface area contributed by atoms with Crippen molar-refractivity contribution in [2.75, 3.05) is 0 Å². The van der Waals surface area contributed by atoms with Gasteiger partial charge in [-0.15, -0.1) is 0 Å². The van der Waals surface area contributed by atoms with Crippen LogP contribution in [0, 0.1) is 0 Å². The molecule has 0 spiro atoms. The standard InChI is InChI=1S/C14H16N2O2/c17-8-11-12(9-18)14(10-3-1-5-15-7-10)16-6-2-4-13(11)16/h1,3,5,7,17-18H,2,4,6,8-9H2. The molecule has 1 aliphatic rings. The van der Waals surface area contributed by atoms with Crippen molar-refractivity contribution in [2.45, 2.75) is 32.6 Å². The molecule has 0 aliphatic carbocycles. The smallest absolute Gasteiger partial charge is 0.0706 e. The summed E-state index contributed by atoms with van der Waals surface area (Å²) in [4.78, 5) is 4.14. The summed E-state index contributed by atoms with van der Waals surface area (Å²) < 4.78 is 2.22. The Morgan fingerprint density at radius 3 is 2.72 bits per heavy atom. The number of hydrogen-bond donors (Lipinski definition) is 2. The average molecular weight is 244 g/mol. The van der Waals surface area contributed by atoms with Gasteiger partial charge in [0.15, 0.2) is 0 Å². The van der Waals surface area contributed by atoms with Crippen LogP contribution in [-0.2, 0) is 26.2 Å². The zero-order valence-corrected chi connectivity index (χ0v) is 10.1. The van der Waals surface area contributed by atoms with E-state index >= 15 is 0 Å². The molecular weight excluding hydrogens is 228 g/mol. The lowest BCUT2D eigenvalue weighted by Gasteiger charge is -2.08. The van der Waals surface area contributed by atoms with Gasteiger partial charge < -0.3 is 14.8 Å². The van der Waals surface area contributed by atoms with Crippen LogP contribution in [-0.4, -0.2) is 19.8 Å². The number of aliphatic hydroxyl groups is 2. The third kappa shape index (κ3) is 1.57. The predicted octanol–water partition coefficient (Wildman–Crippen LogP) is 1.48. The lowest BCUT2D eigenvalue weighted by Crippen LogP contribution is -1.98. The van der Waals surface area contributed by atoms with E-state index in [1.165, 1.54) is 5.69 Å². The van der Waals surface area contributed by atoms with Gasteiger partial charge in [-0.1, -0.05) is 0 Å². The molecular formula is C14H16N2O2. The lowest BCUT2D eigenvalue weighted by molar-refractivity contribution is 0.260. The molecule has 4 heteroatoms. The van der Waals surface area contributed by atoms with Gasteiger partial charge in [0.05, 0.1) is 18.9 Å². The highest BCUT2D eigenvalue weighted by Crippen LogP contribution is 2.35. The van der Waals surface area contributed by atoms with Gasteiger partial charge in [0.25, 0.3) is 0 Å². The van der Waals surface area contributed by atoms with Gasteiger partial charge in [-0.3, -0.25) is 4.98 Å². The summed E-state index contributed by atoms with van der Waals surface area (Å²) in [7, 11) is 0. The molecule has 1 aliphatic heterocycles. The van der Waals surface area contributed by atoms with Gasteiger partial charge in [0.1, 0.15) is 0 Å². The van der Waals surface area contributed by atoms with E-state index < -0.39 is 0 Å². The fourth-order valence-electron chi connectivity index (χ4n) is 2.91. The summed E-state index contributed by atoms with van der Waals surface area (Å²) in [5.74, 6) is 0. The zero-order chi connectivity index (χ0) is 12.5. The fourth-order valence-corrected chi connectivity index (χ4v) is 2.91. The minimum Gasteiger partial charge on any atom is -0.392 e. The van der Waals surface area contributed by atoms with Gasteiger partial charge in [-0.2, -0.15) is 0 Å². The van der Waals surface area contributed by atoms with Crippen molar-refractivity contribution in [2.24, 2.45) is 0 Å². The molecule has 0 aromatic carbocycles. The van der Waals surface area contributed by atoms with E-state index in [0.29, 0.717) is 0 Å². The highest BCUT2D eigenvalue weighted by atomic mass is 16.3. The normalized spacial score (nSPS) is 13.9. The number of hydrogen-bond acceptors (Lipinski definition) is 3. The van der Waals surface area contributed by atoms with Crippen LogP contribution >= 0.6 is 0 Å². The number of aromatic nitrogens is 2. The minimum absolute atomic E-state index is 0.00844. The number of aliphatic hydroxyl groups excluding tert-OH is 2. The summed E-state index contributed by atoms with van der Waals surface area (Å²) in [6.07, 6.45) is 5.62. The van der Waals surface area contributed by atoms with E-state index in [0.717, 1.165) is 41.8 Å². The van der Waals surface area contributed by atoms with Crippen LogP contribution in [0.5, 0.6) is 0 Å². The molecule has 0 bridgehead atoms. The van der Waals surface area contributed by atoms with E-state index in [-0.39, 0.29) is 13.2 Å². The lowest BCUT2D eigenvalue weighted by atomic mass is 10.0. The predicted molar refractivity (Wildman–Crippen MR) is 67.8 cm³/mol. The van der Waals surface area contributed by atoms with Gasteiger partial charge in [0.2, 0.25) is 0 Å². The maximum absolute atomic E-state index is 9.60. The Bertz CT molecular complexity index is 561. The quantitative estimate of drug-likeness (QED) is 0.859. The molecule has 94 valence electrons. The summed E-state index contributed by atoms with van der Waals surface area (Å²) in [5, 5.41) is 19.1. The number of pyridine rings is 1. The van der Waals surface area contributed by atoms with Crippen LogP contribution in [0.4, 0.5) is 0 Å².